The second-order valence-corrected chi connectivity index (χ2v) is 10.4. The van der Waals surface area contributed by atoms with Crippen LogP contribution in [0.3, 0.4) is 0 Å². The van der Waals surface area contributed by atoms with E-state index in [1.165, 1.54) is 18.1 Å². The van der Waals surface area contributed by atoms with Gasteiger partial charge in [0.15, 0.2) is 0 Å². The monoisotopic (exact) mass is 444 g/mol. The van der Waals surface area contributed by atoms with Crippen LogP contribution in [0.1, 0.15) is 105 Å². The predicted molar refractivity (Wildman–Crippen MR) is 136 cm³/mol. The molecule has 0 heterocycles. The highest BCUT2D eigenvalue weighted by molar-refractivity contribution is 5.23. The van der Waals surface area contributed by atoms with Gasteiger partial charge in [-0.2, -0.15) is 0 Å². The van der Waals surface area contributed by atoms with Crippen LogP contribution in [0.25, 0.3) is 0 Å². The molecule has 0 aromatic heterocycles. The molecule has 0 saturated carbocycles. The summed E-state index contributed by atoms with van der Waals surface area (Å²) in [6.45, 7) is 14.5. The smallest absolute Gasteiger partial charge is 0.275 e. The van der Waals surface area contributed by atoms with Gasteiger partial charge in [0.25, 0.3) is 5.97 Å². The molecule has 0 aliphatic heterocycles. The van der Waals surface area contributed by atoms with E-state index in [0.717, 1.165) is 56.9 Å². The molecule has 32 heavy (non-hydrogen) atoms. The summed E-state index contributed by atoms with van der Waals surface area (Å²) in [7, 11) is 0. The van der Waals surface area contributed by atoms with Gasteiger partial charge in [-0.05, 0) is 96.5 Å². The van der Waals surface area contributed by atoms with E-state index >= 15 is 0 Å². The Bertz CT molecular complexity index is 657. The van der Waals surface area contributed by atoms with E-state index in [4.69, 9.17) is 4.74 Å². The first-order valence-corrected chi connectivity index (χ1v) is 12.4. The van der Waals surface area contributed by atoms with Crippen molar-refractivity contribution in [2.45, 2.75) is 111 Å². The van der Waals surface area contributed by atoms with Crippen LogP contribution in [0.2, 0.25) is 0 Å². The number of aliphatic hydroxyl groups is 2. The van der Waals surface area contributed by atoms with Gasteiger partial charge >= 0.3 is 0 Å². The Morgan fingerprint density at radius 2 is 1.25 bits per heavy atom. The Labute approximate surface area is 197 Å². The molecule has 1 aromatic carbocycles. The van der Waals surface area contributed by atoms with Gasteiger partial charge in [-0.15, -0.1) is 0 Å². The Balaban J connectivity index is 3.02. The van der Waals surface area contributed by atoms with E-state index in [1.54, 1.807) is 0 Å². The fourth-order valence-corrected chi connectivity index (χ4v) is 4.25. The summed E-state index contributed by atoms with van der Waals surface area (Å²) in [5.74, 6) is -1.10. The normalized spacial score (nSPS) is 15.5. The van der Waals surface area contributed by atoms with Gasteiger partial charge in [-0.3, -0.25) is 0 Å². The first-order valence-electron chi connectivity index (χ1n) is 12.4. The number of hydrogen-bond acceptors (Lipinski definition) is 3. The maximum absolute atomic E-state index is 10.3. The van der Waals surface area contributed by atoms with Crippen LogP contribution < -0.4 is 0 Å². The van der Waals surface area contributed by atoms with Gasteiger partial charge in [0, 0.05) is 6.92 Å². The standard InChI is InChI=1S/C29H48O3/c1-23(2)13-11-15-25(5)19-21-29(32-28(7,30)31,27-17-9-8-10-18-27)22-20-26(6)16-12-14-24(3)4/h8-10,13-14,17-18,25-26,30-31H,11-12,15-16,19-22H2,1-7H3. The van der Waals surface area contributed by atoms with Gasteiger partial charge in [0.1, 0.15) is 0 Å². The highest BCUT2D eigenvalue weighted by Crippen LogP contribution is 2.41. The van der Waals surface area contributed by atoms with Crippen molar-refractivity contribution in [2.75, 3.05) is 0 Å². The van der Waals surface area contributed by atoms with E-state index in [1.807, 2.05) is 18.2 Å². The van der Waals surface area contributed by atoms with Crippen LogP contribution in [0.15, 0.2) is 53.6 Å². The highest BCUT2D eigenvalue weighted by atomic mass is 16.8. The minimum absolute atomic E-state index is 0.538. The molecule has 0 saturated heterocycles. The van der Waals surface area contributed by atoms with Crippen LogP contribution in [0, 0.1) is 11.8 Å². The second kappa shape index (κ2) is 14.0. The number of rotatable bonds is 15. The highest BCUT2D eigenvalue weighted by Gasteiger charge is 2.39. The molecule has 0 bridgehead atoms. The second-order valence-electron chi connectivity index (χ2n) is 10.4. The minimum atomic E-state index is -2.17. The zero-order valence-corrected chi connectivity index (χ0v) is 21.7. The first-order chi connectivity index (χ1) is 14.9. The largest absolute Gasteiger partial charge is 0.344 e. The van der Waals surface area contributed by atoms with Gasteiger partial charge in [-0.25, -0.2) is 0 Å². The van der Waals surface area contributed by atoms with Gasteiger partial charge in [0.05, 0.1) is 5.60 Å². The molecule has 1 rings (SSSR count). The third kappa shape index (κ3) is 12.0. The van der Waals surface area contributed by atoms with Crippen molar-refractivity contribution in [3.05, 3.63) is 59.2 Å². The molecule has 182 valence electrons. The fourth-order valence-electron chi connectivity index (χ4n) is 4.25. The van der Waals surface area contributed by atoms with Crippen molar-refractivity contribution in [1.29, 1.82) is 0 Å². The lowest BCUT2D eigenvalue weighted by atomic mass is 9.80. The number of allylic oxidation sites excluding steroid dienone is 4. The Hall–Kier alpha value is -1.42. The number of hydrogen-bond donors (Lipinski definition) is 2. The maximum atomic E-state index is 10.3. The van der Waals surface area contributed by atoms with E-state index in [2.05, 4.69) is 65.8 Å². The summed E-state index contributed by atoms with van der Waals surface area (Å²) in [5.41, 5.74) is 3.03. The predicted octanol–water partition coefficient (Wildman–Crippen LogP) is 7.88. The summed E-state index contributed by atoms with van der Waals surface area (Å²) in [4.78, 5) is 0. The number of benzene rings is 1. The molecular formula is C29H48O3. The quantitative estimate of drug-likeness (QED) is 0.214. The lowest BCUT2D eigenvalue weighted by molar-refractivity contribution is -0.372. The zero-order valence-electron chi connectivity index (χ0n) is 21.7. The molecular weight excluding hydrogens is 396 g/mol. The van der Waals surface area contributed by atoms with Crippen molar-refractivity contribution in [1.82, 2.24) is 0 Å². The SMILES string of the molecule is CC(C)=CCCC(C)CCC(CCC(C)CCC=C(C)C)(OC(C)(O)O)c1ccccc1. The van der Waals surface area contributed by atoms with Crippen molar-refractivity contribution >= 4 is 0 Å². The molecule has 0 spiro atoms. The molecule has 2 N–H and O–H groups in total. The lowest BCUT2D eigenvalue weighted by Crippen LogP contribution is -2.41. The Morgan fingerprint density at radius 1 is 0.812 bits per heavy atom. The number of ether oxygens (including phenoxy) is 1. The Kier molecular flexibility index (Phi) is 12.5. The molecule has 3 heteroatoms. The minimum Gasteiger partial charge on any atom is -0.344 e. The van der Waals surface area contributed by atoms with Crippen LogP contribution in [0.5, 0.6) is 0 Å². The zero-order chi connectivity index (χ0) is 24.2. The average Bonchev–Trinajstić information content (AvgIpc) is 2.69. The third-order valence-electron chi connectivity index (χ3n) is 6.19. The summed E-state index contributed by atoms with van der Waals surface area (Å²) < 4.78 is 6.08. The molecule has 2 atom stereocenters. The molecule has 2 unspecified atom stereocenters. The molecule has 0 fully saturated rings. The molecule has 1 aromatic rings. The van der Waals surface area contributed by atoms with E-state index in [0.29, 0.717) is 11.8 Å². The van der Waals surface area contributed by atoms with Crippen LogP contribution in [0.4, 0.5) is 0 Å². The molecule has 0 radical (unpaired) electrons. The fraction of sp³-hybridized carbons (Fsp3) is 0.655. The molecule has 0 amide bonds. The first kappa shape index (κ1) is 28.6. The molecule has 3 nitrogen and oxygen atoms in total. The average molecular weight is 445 g/mol. The topological polar surface area (TPSA) is 49.7 Å². The van der Waals surface area contributed by atoms with E-state index < -0.39 is 11.6 Å². The summed E-state index contributed by atoms with van der Waals surface area (Å²) in [5, 5.41) is 20.5. The van der Waals surface area contributed by atoms with E-state index in [9.17, 15) is 10.2 Å². The van der Waals surface area contributed by atoms with Crippen molar-refractivity contribution in [3.63, 3.8) is 0 Å². The van der Waals surface area contributed by atoms with Crippen LogP contribution >= 0.6 is 0 Å². The molecule has 0 aliphatic rings. The van der Waals surface area contributed by atoms with Gasteiger partial charge < -0.3 is 14.9 Å². The summed E-state index contributed by atoms with van der Waals surface area (Å²) >= 11 is 0. The molecule has 0 aliphatic carbocycles. The van der Waals surface area contributed by atoms with Crippen molar-refractivity contribution in [2.24, 2.45) is 11.8 Å². The van der Waals surface area contributed by atoms with Crippen molar-refractivity contribution < 1.29 is 14.9 Å². The lowest BCUT2D eigenvalue weighted by Gasteiger charge is -2.39. The van der Waals surface area contributed by atoms with Crippen LogP contribution in [-0.4, -0.2) is 16.2 Å². The summed E-state index contributed by atoms with van der Waals surface area (Å²) in [6, 6.07) is 10.1. The summed E-state index contributed by atoms with van der Waals surface area (Å²) in [6.07, 6.45) is 12.5. The van der Waals surface area contributed by atoms with Crippen molar-refractivity contribution in [3.8, 4) is 0 Å². The van der Waals surface area contributed by atoms with Gasteiger partial charge in [0.2, 0.25) is 0 Å². The van der Waals surface area contributed by atoms with Gasteiger partial charge in [-0.1, -0.05) is 67.5 Å². The Morgan fingerprint density at radius 3 is 1.62 bits per heavy atom. The third-order valence-corrected chi connectivity index (χ3v) is 6.19. The van der Waals surface area contributed by atoms with E-state index in [-0.39, 0.29) is 0 Å². The maximum Gasteiger partial charge on any atom is 0.275 e. The van der Waals surface area contributed by atoms with Crippen LogP contribution in [-0.2, 0) is 10.3 Å².